The van der Waals surface area contributed by atoms with E-state index in [1.54, 1.807) is 0 Å². The van der Waals surface area contributed by atoms with Gasteiger partial charge in [0.2, 0.25) is 0 Å². The van der Waals surface area contributed by atoms with Crippen LogP contribution in [0.15, 0.2) is 24.3 Å². The summed E-state index contributed by atoms with van der Waals surface area (Å²) in [4.78, 5) is 13.5. The van der Waals surface area contributed by atoms with E-state index in [4.69, 9.17) is 0 Å². The summed E-state index contributed by atoms with van der Waals surface area (Å²) in [5, 5.41) is 2.68. The Hall–Kier alpha value is -1.71. The molecule has 0 aromatic heterocycles. The summed E-state index contributed by atoms with van der Waals surface area (Å²) in [5.74, 6) is 0. The molecule has 1 saturated heterocycles. The number of amides is 1. The Bertz CT molecular complexity index is 387. The quantitative estimate of drug-likeness (QED) is 0.855. The molecule has 0 unspecified atom stereocenters. The van der Waals surface area contributed by atoms with Crippen molar-refractivity contribution in [3.05, 3.63) is 24.3 Å². The zero-order valence-electron chi connectivity index (χ0n) is 10.1. The van der Waals surface area contributed by atoms with E-state index in [0.29, 0.717) is 0 Å². The second kappa shape index (κ2) is 5.57. The minimum atomic E-state index is -0.430. The molecule has 0 aliphatic carbocycles. The van der Waals surface area contributed by atoms with Crippen molar-refractivity contribution in [3.8, 4) is 0 Å². The standard InChI is InChI=1S/C13H18N2O2/c1-17-13(16)14-11-6-5-7-12(10-11)15-8-3-2-4-9-15/h5-7,10H,2-4,8-9H2,1H3,(H,14,16). The predicted octanol–water partition coefficient (Wildman–Crippen LogP) is 2.86. The van der Waals surface area contributed by atoms with Crippen LogP contribution in [-0.4, -0.2) is 26.3 Å². The van der Waals surface area contributed by atoms with Crippen molar-refractivity contribution in [1.29, 1.82) is 0 Å². The van der Waals surface area contributed by atoms with Crippen LogP contribution in [0.2, 0.25) is 0 Å². The SMILES string of the molecule is COC(=O)Nc1cccc(N2CCCCC2)c1. The number of benzene rings is 1. The van der Waals surface area contributed by atoms with E-state index in [1.807, 2.05) is 18.2 Å². The molecule has 1 aromatic rings. The number of methoxy groups -OCH3 is 1. The third-order valence-electron chi connectivity index (χ3n) is 3.00. The van der Waals surface area contributed by atoms with Gasteiger partial charge in [-0.25, -0.2) is 4.79 Å². The number of hydrogen-bond donors (Lipinski definition) is 1. The molecule has 1 amide bonds. The first-order chi connectivity index (χ1) is 8.29. The lowest BCUT2D eigenvalue weighted by atomic mass is 10.1. The molecule has 4 nitrogen and oxygen atoms in total. The van der Waals surface area contributed by atoms with Crippen LogP contribution >= 0.6 is 0 Å². The highest BCUT2D eigenvalue weighted by atomic mass is 16.5. The highest BCUT2D eigenvalue weighted by molar-refractivity contribution is 5.85. The molecule has 1 fully saturated rings. The fraction of sp³-hybridized carbons (Fsp3) is 0.462. The van der Waals surface area contributed by atoms with Crippen LogP contribution in [0.4, 0.5) is 16.2 Å². The van der Waals surface area contributed by atoms with E-state index in [9.17, 15) is 4.79 Å². The van der Waals surface area contributed by atoms with Gasteiger partial charge in [0.25, 0.3) is 0 Å². The highest BCUT2D eigenvalue weighted by Gasteiger charge is 2.11. The molecule has 1 aromatic carbocycles. The van der Waals surface area contributed by atoms with Gasteiger partial charge in [0, 0.05) is 24.5 Å². The van der Waals surface area contributed by atoms with Gasteiger partial charge in [-0.15, -0.1) is 0 Å². The average molecular weight is 234 g/mol. The van der Waals surface area contributed by atoms with Gasteiger partial charge in [-0.2, -0.15) is 0 Å². The first-order valence-corrected chi connectivity index (χ1v) is 5.99. The minimum Gasteiger partial charge on any atom is -0.453 e. The van der Waals surface area contributed by atoms with E-state index in [-0.39, 0.29) is 0 Å². The molecule has 1 heterocycles. The number of piperidine rings is 1. The van der Waals surface area contributed by atoms with Gasteiger partial charge < -0.3 is 9.64 Å². The maximum Gasteiger partial charge on any atom is 0.411 e. The molecular formula is C13H18N2O2. The van der Waals surface area contributed by atoms with Crippen molar-refractivity contribution in [2.75, 3.05) is 30.4 Å². The molecule has 17 heavy (non-hydrogen) atoms. The number of nitrogens with zero attached hydrogens (tertiary/aromatic N) is 1. The van der Waals surface area contributed by atoms with Gasteiger partial charge in [0.1, 0.15) is 0 Å². The van der Waals surface area contributed by atoms with Crippen LogP contribution in [0.3, 0.4) is 0 Å². The van der Waals surface area contributed by atoms with E-state index >= 15 is 0 Å². The van der Waals surface area contributed by atoms with Gasteiger partial charge >= 0.3 is 6.09 Å². The Morgan fingerprint density at radius 2 is 2.06 bits per heavy atom. The first kappa shape index (κ1) is 11.8. The second-order valence-corrected chi connectivity index (χ2v) is 4.21. The lowest BCUT2D eigenvalue weighted by Gasteiger charge is -2.29. The predicted molar refractivity (Wildman–Crippen MR) is 68.5 cm³/mol. The molecule has 1 N–H and O–H groups in total. The second-order valence-electron chi connectivity index (χ2n) is 4.21. The lowest BCUT2D eigenvalue weighted by Crippen LogP contribution is -2.29. The normalized spacial score (nSPS) is 15.5. The summed E-state index contributed by atoms with van der Waals surface area (Å²) in [5.41, 5.74) is 1.94. The molecule has 2 rings (SSSR count). The lowest BCUT2D eigenvalue weighted by molar-refractivity contribution is 0.187. The molecule has 92 valence electrons. The summed E-state index contributed by atoms with van der Waals surface area (Å²) in [6, 6.07) is 7.88. The molecule has 1 aliphatic heterocycles. The Labute approximate surface area is 102 Å². The van der Waals surface area contributed by atoms with Crippen molar-refractivity contribution in [2.45, 2.75) is 19.3 Å². The Morgan fingerprint density at radius 3 is 2.76 bits per heavy atom. The smallest absolute Gasteiger partial charge is 0.411 e. The minimum absolute atomic E-state index is 0.430. The number of ether oxygens (including phenoxy) is 1. The Morgan fingerprint density at radius 1 is 1.29 bits per heavy atom. The summed E-state index contributed by atoms with van der Waals surface area (Å²) >= 11 is 0. The zero-order valence-corrected chi connectivity index (χ0v) is 10.1. The third kappa shape index (κ3) is 3.12. The molecule has 1 aliphatic rings. The summed E-state index contributed by atoms with van der Waals surface area (Å²) in [7, 11) is 1.36. The molecular weight excluding hydrogens is 216 g/mol. The van der Waals surface area contributed by atoms with Gasteiger partial charge in [0.05, 0.1) is 7.11 Å². The van der Waals surface area contributed by atoms with Crippen molar-refractivity contribution >= 4 is 17.5 Å². The first-order valence-electron chi connectivity index (χ1n) is 5.99. The van der Waals surface area contributed by atoms with E-state index in [0.717, 1.165) is 18.8 Å². The van der Waals surface area contributed by atoms with Crippen LogP contribution in [0.25, 0.3) is 0 Å². The van der Waals surface area contributed by atoms with E-state index in [2.05, 4.69) is 21.0 Å². The van der Waals surface area contributed by atoms with Gasteiger partial charge in [-0.1, -0.05) is 6.07 Å². The number of carbonyl (C=O) groups excluding carboxylic acids is 1. The van der Waals surface area contributed by atoms with E-state index in [1.165, 1.54) is 32.1 Å². The Kier molecular flexibility index (Phi) is 3.85. The van der Waals surface area contributed by atoms with Gasteiger partial charge in [-0.05, 0) is 37.5 Å². The van der Waals surface area contributed by atoms with Gasteiger partial charge in [-0.3, -0.25) is 5.32 Å². The third-order valence-corrected chi connectivity index (χ3v) is 3.00. The van der Waals surface area contributed by atoms with Gasteiger partial charge in [0.15, 0.2) is 0 Å². The van der Waals surface area contributed by atoms with Crippen molar-refractivity contribution in [2.24, 2.45) is 0 Å². The molecule has 0 saturated carbocycles. The van der Waals surface area contributed by atoms with Crippen LogP contribution in [0.5, 0.6) is 0 Å². The molecule has 0 atom stereocenters. The Balaban J connectivity index is 2.07. The maximum atomic E-state index is 11.1. The summed E-state index contributed by atoms with van der Waals surface area (Å²) in [6.07, 6.45) is 3.38. The zero-order chi connectivity index (χ0) is 12.1. The van der Waals surface area contributed by atoms with Crippen LogP contribution in [0, 0.1) is 0 Å². The topological polar surface area (TPSA) is 41.6 Å². The maximum absolute atomic E-state index is 11.1. The fourth-order valence-electron chi connectivity index (χ4n) is 2.10. The number of nitrogens with one attached hydrogen (secondary N) is 1. The fourth-order valence-corrected chi connectivity index (χ4v) is 2.10. The summed E-state index contributed by atoms with van der Waals surface area (Å²) in [6.45, 7) is 2.20. The average Bonchev–Trinajstić information content (AvgIpc) is 2.40. The number of anilines is 2. The van der Waals surface area contributed by atoms with Crippen molar-refractivity contribution < 1.29 is 9.53 Å². The molecule has 4 heteroatoms. The molecule has 0 radical (unpaired) electrons. The van der Waals surface area contributed by atoms with Crippen molar-refractivity contribution in [1.82, 2.24) is 0 Å². The van der Waals surface area contributed by atoms with Crippen LogP contribution in [-0.2, 0) is 4.74 Å². The largest absolute Gasteiger partial charge is 0.453 e. The monoisotopic (exact) mass is 234 g/mol. The summed E-state index contributed by atoms with van der Waals surface area (Å²) < 4.78 is 4.58. The number of rotatable bonds is 2. The molecule has 0 spiro atoms. The van der Waals surface area contributed by atoms with E-state index < -0.39 is 6.09 Å². The van der Waals surface area contributed by atoms with Crippen LogP contribution < -0.4 is 10.2 Å². The van der Waals surface area contributed by atoms with Crippen molar-refractivity contribution in [3.63, 3.8) is 0 Å². The number of hydrogen-bond acceptors (Lipinski definition) is 3. The highest BCUT2D eigenvalue weighted by Crippen LogP contribution is 2.22. The van der Waals surface area contributed by atoms with Crippen LogP contribution in [0.1, 0.15) is 19.3 Å². The molecule has 0 bridgehead atoms. The number of carbonyl (C=O) groups is 1.